The average Bonchev–Trinajstić information content (AvgIpc) is 3.24. The molecule has 0 radical (unpaired) electrons. The van der Waals surface area contributed by atoms with E-state index in [1.165, 1.54) is 244 Å². The van der Waals surface area contributed by atoms with Crippen molar-refractivity contribution >= 4 is 5.91 Å². The molecule has 0 saturated heterocycles. The molecule has 0 aliphatic heterocycles. The molecule has 1 amide bonds. The van der Waals surface area contributed by atoms with E-state index in [1.54, 1.807) is 0 Å². The molecule has 0 spiro atoms. The molecule has 2 atom stereocenters. The van der Waals surface area contributed by atoms with Gasteiger partial charge in [-0.2, -0.15) is 0 Å². The highest BCUT2D eigenvalue weighted by atomic mass is 16.3. The molecule has 0 aromatic carbocycles. The first-order valence-electron chi connectivity index (χ1n) is 27.0. The van der Waals surface area contributed by atoms with Crippen molar-refractivity contribution in [3.8, 4) is 0 Å². The minimum atomic E-state index is -0.655. The van der Waals surface area contributed by atoms with Gasteiger partial charge in [0.15, 0.2) is 0 Å². The van der Waals surface area contributed by atoms with E-state index in [0.717, 1.165) is 32.1 Å². The molecule has 0 aliphatic rings. The molecule has 0 bridgehead atoms. The van der Waals surface area contributed by atoms with Crippen LogP contribution >= 0.6 is 0 Å². The Morgan fingerprint density at radius 1 is 0.407 bits per heavy atom. The third-order valence-electron chi connectivity index (χ3n) is 12.7. The topological polar surface area (TPSA) is 69.6 Å². The predicted octanol–water partition coefficient (Wildman–Crippen LogP) is 17.5. The van der Waals surface area contributed by atoms with Crippen LogP contribution in [0.15, 0.2) is 24.3 Å². The SMILES string of the molecule is CCCCCCCCCCCCCCC/C=C\C/C=C\CCCCCCCCCCCCCCCCCCCC(=O)NC(CO)C(O)CCCCCCCCCCCC. The highest BCUT2D eigenvalue weighted by molar-refractivity contribution is 5.76. The first kappa shape index (κ1) is 57.9. The number of unbranched alkanes of at least 4 members (excludes halogenated alkanes) is 39. The Morgan fingerprint density at radius 3 is 1.02 bits per heavy atom. The first-order valence-corrected chi connectivity index (χ1v) is 27.0. The lowest BCUT2D eigenvalue weighted by atomic mass is 10.0. The minimum absolute atomic E-state index is 0.0293. The number of hydrogen-bond acceptors (Lipinski definition) is 3. The zero-order chi connectivity index (χ0) is 42.8. The molecule has 0 saturated carbocycles. The summed E-state index contributed by atoms with van der Waals surface area (Å²) in [7, 11) is 0. The number of aliphatic hydroxyl groups is 2. The van der Waals surface area contributed by atoms with Crippen LogP contribution in [0.4, 0.5) is 0 Å². The number of amides is 1. The second-order valence-corrected chi connectivity index (χ2v) is 18.7. The van der Waals surface area contributed by atoms with E-state index in [-0.39, 0.29) is 12.5 Å². The number of allylic oxidation sites excluding steroid dienone is 4. The fourth-order valence-electron chi connectivity index (χ4n) is 8.57. The number of carbonyl (C=O) groups excluding carboxylic acids is 1. The summed E-state index contributed by atoms with van der Waals surface area (Å²) in [5.74, 6) is -0.0293. The smallest absolute Gasteiger partial charge is 0.220 e. The molecule has 0 rings (SSSR count). The quantitative estimate of drug-likeness (QED) is 0.0422. The average molecular weight is 830 g/mol. The van der Waals surface area contributed by atoms with Gasteiger partial charge in [0.05, 0.1) is 18.8 Å². The Morgan fingerprint density at radius 2 is 0.695 bits per heavy atom. The van der Waals surface area contributed by atoms with E-state index in [2.05, 4.69) is 43.5 Å². The van der Waals surface area contributed by atoms with Crippen molar-refractivity contribution in [1.82, 2.24) is 5.32 Å². The van der Waals surface area contributed by atoms with Crippen LogP contribution in [-0.2, 0) is 4.79 Å². The van der Waals surface area contributed by atoms with Crippen molar-refractivity contribution in [3.63, 3.8) is 0 Å². The van der Waals surface area contributed by atoms with Crippen molar-refractivity contribution in [2.75, 3.05) is 6.61 Å². The largest absolute Gasteiger partial charge is 0.394 e. The summed E-state index contributed by atoms with van der Waals surface area (Å²) < 4.78 is 0. The van der Waals surface area contributed by atoms with Crippen molar-refractivity contribution in [1.29, 1.82) is 0 Å². The molecule has 4 heteroatoms. The molecule has 3 N–H and O–H groups in total. The van der Waals surface area contributed by atoms with Gasteiger partial charge in [-0.25, -0.2) is 0 Å². The van der Waals surface area contributed by atoms with E-state index in [1.807, 2.05) is 0 Å². The highest BCUT2D eigenvalue weighted by Gasteiger charge is 2.20. The van der Waals surface area contributed by atoms with E-state index in [0.29, 0.717) is 12.8 Å². The summed E-state index contributed by atoms with van der Waals surface area (Å²) in [6, 6.07) is -0.532. The number of nitrogens with one attached hydrogen (secondary N) is 1. The van der Waals surface area contributed by atoms with Gasteiger partial charge in [0, 0.05) is 6.42 Å². The number of hydrogen-bond donors (Lipinski definition) is 3. The predicted molar refractivity (Wildman–Crippen MR) is 262 cm³/mol. The van der Waals surface area contributed by atoms with Crippen molar-refractivity contribution in [2.45, 2.75) is 315 Å². The first-order chi connectivity index (χ1) is 29.2. The fraction of sp³-hybridized carbons (Fsp3) is 0.909. The molecule has 4 nitrogen and oxygen atoms in total. The van der Waals surface area contributed by atoms with Gasteiger partial charge in [0.25, 0.3) is 0 Å². The van der Waals surface area contributed by atoms with Crippen LogP contribution in [0.5, 0.6) is 0 Å². The normalized spacial score (nSPS) is 12.9. The van der Waals surface area contributed by atoms with Crippen LogP contribution in [0.25, 0.3) is 0 Å². The van der Waals surface area contributed by atoms with E-state index >= 15 is 0 Å². The van der Waals surface area contributed by atoms with Crippen LogP contribution in [0.2, 0.25) is 0 Å². The number of carbonyl (C=O) groups is 1. The second kappa shape index (κ2) is 51.2. The molecule has 0 aliphatic carbocycles. The van der Waals surface area contributed by atoms with Gasteiger partial charge in [-0.3, -0.25) is 4.79 Å². The third-order valence-corrected chi connectivity index (χ3v) is 12.7. The van der Waals surface area contributed by atoms with Crippen LogP contribution in [0.3, 0.4) is 0 Å². The zero-order valence-electron chi connectivity index (χ0n) is 40.3. The maximum absolute atomic E-state index is 12.4. The van der Waals surface area contributed by atoms with Crippen molar-refractivity contribution in [2.24, 2.45) is 0 Å². The summed E-state index contributed by atoms with van der Waals surface area (Å²) in [6.45, 7) is 4.36. The molecule has 0 aromatic heterocycles. The van der Waals surface area contributed by atoms with Crippen molar-refractivity contribution < 1.29 is 15.0 Å². The van der Waals surface area contributed by atoms with Crippen LogP contribution in [0.1, 0.15) is 303 Å². The van der Waals surface area contributed by atoms with Gasteiger partial charge in [-0.05, 0) is 44.9 Å². The standard InChI is InChI=1S/C55H107NO3/c1-3-5-7-9-11-13-15-16-17-18-19-20-21-22-23-24-25-26-27-28-29-30-31-32-33-34-35-36-37-38-39-40-41-43-45-47-49-51-55(59)56-53(52-57)54(58)50-48-46-44-42-14-12-10-8-6-4-2/h23-24,26-27,53-54,57-58H,3-22,25,28-52H2,1-2H3,(H,56,59)/b24-23-,27-26-. The summed E-state index contributed by atoms with van der Waals surface area (Å²) in [5, 5.41) is 23.1. The Bertz CT molecular complexity index is 855. The molecule has 2 unspecified atom stereocenters. The molecule has 0 aromatic rings. The van der Waals surface area contributed by atoms with Gasteiger partial charge in [-0.15, -0.1) is 0 Å². The Labute approximate surface area is 370 Å². The molecule has 59 heavy (non-hydrogen) atoms. The lowest BCUT2D eigenvalue weighted by Gasteiger charge is -2.22. The van der Waals surface area contributed by atoms with Gasteiger partial charge >= 0.3 is 0 Å². The van der Waals surface area contributed by atoms with Gasteiger partial charge in [-0.1, -0.05) is 276 Å². The van der Waals surface area contributed by atoms with E-state index in [9.17, 15) is 15.0 Å². The van der Waals surface area contributed by atoms with Crippen molar-refractivity contribution in [3.05, 3.63) is 24.3 Å². The van der Waals surface area contributed by atoms with Gasteiger partial charge in [0.1, 0.15) is 0 Å². The molecule has 350 valence electrons. The molecular formula is C55H107NO3. The molecule has 0 heterocycles. The molecular weight excluding hydrogens is 723 g/mol. The minimum Gasteiger partial charge on any atom is -0.394 e. The lowest BCUT2D eigenvalue weighted by Crippen LogP contribution is -2.45. The molecule has 0 fully saturated rings. The zero-order valence-corrected chi connectivity index (χ0v) is 40.3. The Kier molecular flexibility index (Phi) is 50.2. The van der Waals surface area contributed by atoms with E-state index < -0.39 is 12.1 Å². The van der Waals surface area contributed by atoms with E-state index in [4.69, 9.17) is 0 Å². The maximum atomic E-state index is 12.4. The lowest BCUT2D eigenvalue weighted by molar-refractivity contribution is -0.123. The Balaban J connectivity index is 3.37. The van der Waals surface area contributed by atoms with Crippen LogP contribution in [-0.4, -0.2) is 34.9 Å². The summed E-state index contributed by atoms with van der Waals surface area (Å²) in [5.41, 5.74) is 0. The fourth-order valence-corrected chi connectivity index (χ4v) is 8.57. The Hall–Kier alpha value is -1.13. The highest BCUT2D eigenvalue weighted by Crippen LogP contribution is 2.17. The summed E-state index contributed by atoms with van der Waals surface area (Å²) >= 11 is 0. The van der Waals surface area contributed by atoms with Gasteiger partial charge < -0.3 is 15.5 Å². The van der Waals surface area contributed by atoms with Crippen LogP contribution in [0, 0.1) is 0 Å². The van der Waals surface area contributed by atoms with Gasteiger partial charge in [0.2, 0.25) is 5.91 Å². The number of rotatable bonds is 50. The van der Waals surface area contributed by atoms with Crippen LogP contribution < -0.4 is 5.32 Å². The monoisotopic (exact) mass is 830 g/mol. The third kappa shape index (κ3) is 47.8. The summed E-state index contributed by atoms with van der Waals surface area (Å²) in [6.07, 6.45) is 67.5. The summed E-state index contributed by atoms with van der Waals surface area (Å²) in [4.78, 5) is 12.4. The number of aliphatic hydroxyl groups excluding tert-OH is 2. The second-order valence-electron chi connectivity index (χ2n) is 18.7. The maximum Gasteiger partial charge on any atom is 0.220 e.